The van der Waals surface area contributed by atoms with Gasteiger partial charge in [0.25, 0.3) is 0 Å². The van der Waals surface area contributed by atoms with Gasteiger partial charge in [-0.15, -0.1) is 11.3 Å². The molecule has 1 unspecified atom stereocenters. The quantitative estimate of drug-likeness (QED) is 0.507. The number of halogens is 3. The van der Waals surface area contributed by atoms with Gasteiger partial charge >= 0.3 is 5.97 Å². The number of amidine groups is 1. The van der Waals surface area contributed by atoms with Crippen LogP contribution in [0.25, 0.3) is 0 Å². The maximum absolute atomic E-state index is 13.4. The van der Waals surface area contributed by atoms with Gasteiger partial charge in [-0.05, 0) is 12.1 Å². The number of hydrogen-bond acceptors (Lipinski definition) is 6. The predicted molar refractivity (Wildman–Crippen MR) is 110 cm³/mol. The third kappa shape index (κ3) is 4.75. The number of hydrogen-bond donors (Lipinski definition) is 1. The molecule has 3 rings (SSSR count). The summed E-state index contributed by atoms with van der Waals surface area (Å²) in [5.41, 5.74) is 1.42. The fourth-order valence-electron chi connectivity index (χ4n) is 2.45. The van der Waals surface area contributed by atoms with Crippen LogP contribution >= 0.6 is 38.9 Å². The van der Waals surface area contributed by atoms with Gasteiger partial charge in [-0.3, -0.25) is 4.99 Å². The Morgan fingerprint density at radius 1 is 1.44 bits per heavy atom. The van der Waals surface area contributed by atoms with E-state index in [2.05, 4.69) is 31.2 Å². The SMILES string of the molecule is CC.COC(=O)C1=C(CBr)NC(c2nccs2)=NC1c1ccc(F)cc1Cl. The summed E-state index contributed by atoms with van der Waals surface area (Å²) in [5, 5.41) is 6.17. The Balaban J connectivity index is 0.00000126. The summed E-state index contributed by atoms with van der Waals surface area (Å²) in [6, 6.07) is 3.27. The van der Waals surface area contributed by atoms with Crippen LogP contribution in [-0.4, -0.2) is 29.2 Å². The second-order valence-corrected chi connectivity index (χ2v) is 6.89. The van der Waals surface area contributed by atoms with Crippen molar-refractivity contribution in [2.24, 2.45) is 4.99 Å². The first-order valence-electron chi connectivity index (χ1n) is 8.12. The molecular weight excluding hydrogens is 457 g/mol. The van der Waals surface area contributed by atoms with Crippen molar-refractivity contribution in [1.82, 2.24) is 10.3 Å². The number of aliphatic imine (C=N–C) groups is 1. The second kappa shape index (κ2) is 9.96. The number of esters is 1. The number of thiazole rings is 1. The fraction of sp³-hybridized carbons (Fsp3) is 0.278. The lowest BCUT2D eigenvalue weighted by atomic mass is 9.96. The van der Waals surface area contributed by atoms with Crippen molar-refractivity contribution in [3.05, 3.63) is 62.5 Å². The zero-order valence-electron chi connectivity index (χ0n) is 14.9. The van der Waals surface area contributed by atoms with Crippen LogP contribution in [0, 0.1) is 5.82 Å². The highest BCUT2D eigenvalue weighted by atomic mass is 79.9. The summed E-state index contributed by atoms with van der Waals surface area (Å²) in [6.45, 7) is 4.00. The number of benzene rings is 1. The van der Waals surface area contributed by atoms with Crippen molar-refractivity contribution in [3.63, 3.8) is 0 Å². The van der Waals surface area contributed by atoms with Gasteiger partial charge in [0, 0.05) is 33.2 Å². The molecule has 0 radical (unpaired) electrons. The van der Waals surface area contributed by atoms with E-state index in [0.29, 0.717) is 33.0 Å². The fourth-order valence-corrected chi connectivity index (χ4v) is 3.75. The standard InChI is InChI=1S/C16H12BrClFN3O2S.C2H6/c1-24-16(23)12-11(7-17)21-14(15-20-4-5-25-15)22-13(12)9-3-2-8(19)6-10(9)18;1-2/h2-6,13H,7H2,1H3,(H,21,22);1-2H3. The molecule has 0 bridgehead atoms. The van der Waals surface area contributed by atoms with Gasteiger partial charge in [-0.2, -0.15) is 0 Å². The summed E-state index contributed by atoms with van der Waals surface area (Å²) in [7, 11) is 1.30. The van der Waals surface area contributed by atoms with E-state index in [-0.39, 0.29) is 5.02 Å². The van der Waals surface area contributed by atoms with E-state index in [1.165, 1.54) is 36.6 Å². The van der Waals surface area contributed by atoms with Crippen LogP contribution in [0.1, 0.15) is 30.5 Å². The maximum Gasteiger partial charge on any atom is 0.338 e. The normalized spacial score (nSPS) is 16.1. The Morgan fingerprint density at radius 2 is 2.19 bits per heavy atom. The van der Waals surface area contributed by atoms with Gasteiger partial charge in [0.05, 0.1) is 12.7 Å². The van der Waals surface area contributed by atoms with Crippen LogP contribution in [0.3, 0.4) is 0 Å². The van der Waals surface area contributed by atoms with Gasteiger partial charge in [-0.1, -0.05) is 47.4 Å². The van der Waals surface area contributed by atoms with E-state index < -0.39 is 17.8 Å². The monoisotopic (exact) mass is 473 g/mol. The molecule has 1 aromatic heterocycles. The molecule has 5 nitrogen and oxygen atoms in total. The number of rotatable bonds is 4. The van der Waals surface area contributed by atoms with Crippen LogP contribution in [-0.2, 0) is 9.53 Å². The minimum Gasteiger partial charge on any atom is -0.466 e. The Labute approximate surface area is 174 Å². The maximum atomic E-state index is 13.4. The number of methoxy groups -OCH3 is 1. The number of ether oxygens (including phenoxy) is 1. The highest BCUT2D eigenvalue weighted by molar-refractivity contribution is 9.09. The lowest BCUT2D eigenvalue weighted by Crippen LogP contribution is -2.34. The molecule has 0 aliphatic carbocycles. The van der Waals surface area contributed by atoms with Crippen LogP contribution in [0.5, 0.6) is 0 Å². The molecule has 0 spiro atoms. The van der Waals surface area contributed by atoms with Crippen LogP contribution in [0.15, 0.2) is 46.0 Å². The van der Waals surface area contributed by atoms with E-state index in [4.69, 9.17) is 16.3 Å². The average molecular weight is 475 g/mol. The van der Waals surface area contributed by atoms with Gasteiger partial charge in [0.1, 0.15) is 11.9 Å². The second-order valence-electron chi connectivity index (χ2n) is 5.03. The van der Waals surface area contributed by atoms with Crippen molar-refractivity contribution in [2.45, 2.75) is 19.9 Å². The van der Waals surface area contributed by atoms with E-state index >= 15 is 0 Å². The first-order chi connectivity index (χ1) is 13.0. The number of alkyl halides is 1. The summed E-state index contributed by atoms with van der Waals surface area (Å²) in [5.74, 6) is -0.479. The van der Waals surface area contributed by atoms with Gasteiger partial charge in [0.2, 0.25) is 0 Å². The van der Waals surface area contributed by atoms with E-state index in [0.717, 1.165) is 0 Å². The van der Waals surface area contributed by atoms with Gasteiger partial charge in [0.15, 0.2) is 10.8 Å². The lowest BCUT2D eigenvalue weighted by Gasteiger charge is -2.26. The smallest absolute Gasteiger partial charge is 0.338 e. The molecule has 0 fully saturated rings. The van der Waals surface area contributed by atoms with E-state index in [9.17, 15) is 9.18 Å². The number of carbonyl (C=O) groups is 1. The molecule has 144 valence electrons. The van der Waals surface area contributed by atoms with Crippen molar-refractivity contribution >= 4 is 50.7 Å². The van der Waals surface area contributed by atoms with Crippen LogP contribution in [0.4, 0.5) is 4.39 Å². The average Bonchev–Trinajstić information content (AvgIpc) is 3.23. The third-order valence-electron chi connectivity index (χ3n) is 3.56. The molecule has 0 saturated carbocycles. The van der Waals surface area contributed by atoms with Crippen LogP contribution in [0.2, 0.25) is 5.02 Å². The molecule has 9 heteroatoms. The molecule has 1 N–H and O–H groups in total. The zero-order chi connectivity index (χ0) is 20.0. The molecule has 1 atom stereocenters. The summed E-state index contributed by atoms with van der Waals surface area (Å²) < 4.78 is 18.3. The minimum absolute atomic E-state index is 0.185. The van der Waals surface area contributed by atoms with Crippen molar-refractivity contribution in [3.8, 4) is 0 Å². The predicted octanol–water partition coefficient (Wildman–Crippen LogP) is 4.87. The first kappa shape index (κ1) is 21.5. The molecule has 0 amide bonds. The van der Waals surface area contributed by atoms with Crippen molar-refractivity contribution in [1.29, 1.82) is 0 Å². The molecule has 2 aromatic rings. The summed E-state index contributed by atoms with van der Waals surface area (Å²) >= 11 is 11.0. The number of nitrogens with one attached hydrogen (secondary N) is 1. The van der Waals surface area contributed by atoms with Crippen molar-refractivity contribution in [2.75, 3.05) is 12.4 Å². The summed E-state index contributed by atoms with van der Waals surface area (Å²) in [6.07, 6.45) is 1.66. The third-order valence-corrected chi connectivity index (χ3v) is 5.22. The molecule has 0 saturated heterocycles. The van der Waals surface area contributed by atoms with Gasteiger partial charge < -0.3 is 10.1 Å². The molecule has 1 aromatic carbocycles. The summed E-state index contributed by atoms with van der Waals surface area (Å²) in [4.78, 5) is 21.2. The molecule has 27 heavy (non-hydrogen) atoms. The lowest BCUT2D eigenvalue weighted by molar-refractivity contribution is -0.136. The van der Waals surface area contributed by atoms with Crippen LogP contribution < -0.4 is 5.32 Å². The Morgan fingerprint density at radius 3 is 2.74 bits per heavy atom. The Kier molecular flexibility index (Phi) is 7.94. The van der Waals surface area contributed by atoms with Crippen molar-refractivity contribution < 1.29 is 13.9 Å². The molecule has 1 aliphatic heterocycles. The minimum atomic E-state index is -0.728. The molecule has 2 heterocycles. The number of aromatic nitrogens is 1. The number of allylic oxidation sites excluding steroid dienone is 1. The molecule has 1 aliphatic rings. The molecular formula is C18H18BrClFN3O2S. The topological polar surface area (TPSA) is 63.6 Å². The Hall–Kier alpha value is -1.77. The van der Waals surface area contributed by atoms with E-state index in [1.54, 1.807) is 6.20 Å². The number of carbonyl (C=O) groups excluding carboxylic acids is 1. The highest BCUT2D eigenvalue weighted by Crippen LogP contribution is 2.36. The van der Waals surface area contributed by atoms with E-state index in [1.807, 2.05) is 19.2 Å². The largest absolute Gasteiger partial charge is 0.466 e. The Bertz CT molecular complexity index is 871. The number of nitrogens with zero attached hydrogens (tertiary/aromatic N) is 2. The van der Waals surface area contributed by atoms with Gasteiger partial charge in [-0.25, -0.2) is 14.2 Å². The zero-order valence-corrected chi connectivity index (χ0v) is 18.1. The first-order valence-corrected chi connectivity index (χ1v) is 10.5. The highest BCUT2D eigenvalue weighted by Gasteiger charge is 2.33.